The van der Waals surface area contributed by atoms with Gasteiger partial charge in [0.2, 0.25) is 0 Å². The van der Waals surface area contributed by atoms with E-state index in [1.165, 1.54) is 61.8 Å². The minimum atomic E-state index is 0.295. The number of aromatic nitrogens is 1. The molecule has 1 saturated heterocycles. The van der Waals surface area contributed by atoms with Crippen molar-refractivity contribution in [3.8, 4) is 5.75 Å². The number of fused-ring (bicyclic) bond motifs is 4. The van der Waals surface area contributed by atoms with E-state index in [1.54, 1.807) is 12.7 Å². The van der Waals surface area contributed by atoms with Crippen LogP contribution in [0, 0.1) is 11.8 Å². The lowest BCUT2D eigenvalue weighted by molar-refractivity contribution is 0.0825. The Morgan fingerprint density at radius 3 is 3.09 bits per heavy atom. The summed E-state index contributed by atoms with van der Waals surface area (Å²) in [7, 11) is 1.76. The maximum Gasteiger partial charge on any atom is 0.119 e. The Bertz CT molecular complexity index is 764. The molecule has 1 aromatic carbocycles. The fourth-order valence-electron chi connectivity index (χ4n) is 5.80. The van der Waals surface area contributed by atoms with Gasteiger partial charge >= 0.3 is 0 Å². The lowest BCUT2D eigenvalue weighted by Crippen LogP contribution is -2.47. The van der Waals surface area contributed by atoms with Gasteiger partial charge < -0.3 is 9.72 Å². The highest BCUT2D eigenvalue weighted by atomic mass is 16.5. The zero-order valence-electron chi connectivity index (χ0n) is 14.2. The van der Waals surface area contributed by atoms with Crippen LogP contribution in [0.1, 0.15) is 43.9 Å². The molecule has 1 spiro atoms. The first-order chi connectivity index (χ1) is 11.2. The average Bonchev–Trinajstić information content (AvgIpc) is 3.08. The van der Waals surface area contributed by atoms with Crippen LogP contribution >= 0.6 is 0 Å². The van der Waals surface area contributed by atoms with E-state index in [1.807, 2.05) is 0 Å². The van der Waals surface area contributed by atoms with Crippen LogP contribution in [0.2, 0.25) is 0 Å². The smallest absolute Gasteiger partial charge is 0.119 e. The second kappa shape index (κ2) is 4.76. The topological polar surface area (TPSA) is 28.3 Å². The SMILES string of the molecule is CC[C@H]1C[C@H]2CN3CCc4c([nH]c5ccc(OC)cc45)[C@@]3(C1)C2. The second-order valence-corrected chi connectivity index (χ2v) is 7.90. The summed E-state index contributed by atoms with van der Waals surface area (Å²) in [6.45, 7) is 4.91. The summed E-state index contributed by atoms with van der Waals surface area (Å²) < 4.78 is 5.46. The van der Waals surface area contributed by atoms with Gasteiger partial charge in [0, 0.05) is 29.7 Å². The first-order valence-electron chi connectivity index (χ1n) is 9.17. The Morgan fingerprint density at radius 2 is 2.26 bits per heavy atom. The van der Waals surface area contributed by atoms with Gasteiger partial charge in [-0.25, -0.2) is 0 Å². The van der Waals surface area contributed by atoms with Gasteiger partial charge in [-0.2, -0.15) is 0 Å². The zero-order valence-corrected chi connectivity index (χ0v) is 14.2. The molecule has 3 atom stereocenters. The van der Waals surface area contributed by atoms with Crippen LogP contribution in [-0.2, 0) is 12.0 Å². The lowest BCUT2D eigenvalue weighted by Gasteiger charge is -2.45. The summed E-state index contributed by atoms with van der Waals surface area (Å²) in [5.41, 5.74) is 4.68. The predicted molar refractivity (Wildman–Crippen MR) is 92.9 cm³/mol. The second-order valence-electron chi connectivity index (χ2n) is 7.90. The number of hydrogen-bond donors (Lipinski definition) is 1. The van der Waals surface area contributed by atoms with E-state index in [2.05, 4.69) is 35.0 Å². The van der Waals surface area contributed by atoms with E-state index in [0.29, 0.717) is 5.54 Å². The van der Waals surface area contributed by atoms with Crippen molar-refractivity contribution in [2.24, 2.45) is 11.8 Å². The highest BCUT2D eigenvalue weighted by Crippen LogP contribution is 2.55. The van der Waals surface area contributed by atoms with E-state index >= 15 is 0 Å². The molecule has 1 saturated carbocycles. The van der Waals surface area contributed by atoms with Crippen molar-refractivity contribution in [2.75, 3.05) is 20.2 Å². The van der Waals surface area contributed by atoms with Crippen LogP contribution < -0.4 is 4.74 Å². The predicted octanol–water partition coefficient (Wildman–Crippen LogP) is 4.07. The molecule has 3 heteroatoms. The molecule has 2 bridgehead atoms. The summed E-state index contributed by atoms with van der Waals surface area (Å²) in [5, 5.41) is 1.38. The molecule has 3 nitrogen and oxygen atoms in total. The van der Waals surface area contributed by atoms with Crippen molar-refractivity contribution in [1.82, 2.24) is 9.88 Å². The van der Waals surface area contributed by atoms with Crippen LogP contribution in [0.15, 0.2) is 18.2 Å². The number of nitrogens with zero attached hydrogens (tertiary/aromatic N) is 1. The fourth-order valence-corrected chi connectivity index (χ4v) is 5.80. The van der Waals surface area contributed by atoms with Crippen molar-refractivity contribution in [2.45, 2.75) is 44.6 Å². The number of benzene rings is 1. The Hall–Kier alpha value is -1.48. The van der Waals surface area contributed by atoms with Gasteiger partial charge in [0.05, 0.1) is 12.6 Å². The van der Waals surface area contributed by atoms with Crippen LogP contribution in [-0.4, -0.2) is 30.1 Å². The van der Waals surface area contributed by atoms with Crippen molar-refractivity contribution in [3.05, 3.63) is 29.5 Å². The quantitative estimate of drug-likeness (QED) is 0.905. The van der Waals surface area contributed by atoms with E-state index < -0.39 is 0 Å². The highest BCUT2D eigenvalue weighted by Gasteiger charge is 2.54. The third-order valence-corrected chi connectivity index (χ3v) is 6.79. The number of aromatic amines is 1. The van der Waals surface area contributed by atoms with Gasteiger partial charge in [-0.15, -0.1) is 0 Å². The van der Waals surface area contributed by atoms with Gasteiger partial charge in [0.25, 0.3) is 0 Å². The number of rotatable bonds is 2. The van der Waals surface area contributed by atoms with Crippen molar-refractivity contribution in [3.63, 3.8) is 0 Å². The summed E-state index contributed by atoms with van der Waals surface area (Å²) in [4.78, 5) is 6.64. The molecule has 5 rings (SSSR count). The minimum Gasteiger partial charge on any atom is -0.497 e. The molecule has 2 aromatic rings. The monoisotopic (exact) mass is 310 g/mol. The molecule has 0 radical (unpaired) electrons. The van der Waals surface area contributed by atoms with Crippen molar-refractivity contribution < 1.29 is 4.74 Å². The average molecular weight is 310 g/mol. The summed E-state index contributed by atoms with van der Waals surface area (Å²) in [6, 6.07) is 6.50. The van der Waals surface area contributed by atoms with Crippen LogP contribution in [0.25, 0.3) is 10.9 Å². The fraction of sp³-hybridized carbons (Fsp3) is 0.600. The van der Waals surface area contributed by atoms with Gasteiger partial charge in [-0.3, -0.25) is 4.90 Å². The zero-order chi connectivity index (χ0) is 15.6. The summed E-state index contributed by atoms with van der Waals surface area (Å²) in [6.07, 6.45) is 6.65. The highest BCUT2D eigenvalue weighted by molar-refractivity contribution is 5.87. The van der Waals surface area contributed by atoms with E-state index in [4.69, 9.17) is 4.74 Å². The van der Waals surface area contributed by atoms with E-state index in [0.717, 1.165) is 17.6 Å². The van der Waals surface area contributed by atoms with E-state index in [9.17, 15) is 0 Å². The maximum atomic E-state index is 5.46. The first-order valence-corrected chi connectivity index (χ1v) is 9.17. The van der Waals surface area contributed by atoms with Gasteiger partial charge in [-0.05, 0) is 61.3 Å². The third-order valence-electron chi connectivity index (χ3n) is 6.79. The molecular weight excluding hydrogens is 284 g/mol. The molecule has 1 aromatic heterocycles. The Balaban J connectivity index is 1.69. The van der Waals surface area contributed by atoms with Crippen molar-refractivity contribution in [1.29, 1.82) is 0 Å². The molecule has 3 heterocycles. The molecule has 2 fully saturated rings. The lowest BCUT2D eigenvalue weighted by atomic mass is 9.69. The number of ether oxygens (including phenoxy) is 1. The molecule has 1 aliphatic carbocycles. The molecule has 2 aliphatic heterocycles. The summed E-state index contributed by atoms with van der Waals surface area (Å²) in [5.74, 6) is 2.77. The summed E-state index contributed by atoms with van der Waals surface area (Å²) >= 11 is 0. The van der Waals surface area contributed by atoms with Gasteiger partial charge in [0.1, 0.15) is 5.75 Å². The van der Waals surface area contributed by atoms with Crippen molar-refractivity contribution >= 4 is 10.9 Å². The molecular formula is C20H26N2O. The molecule has 122 valence electrons. The number of nitrogens with one attached hydrogen (secondary N) is 1. The van der Waals surface area contributed by atoms with E-state index in [-0.39, 0.29) is 0 Å². The van der Waals surface area contributed by atoms with Gasteiger partial charge in [-0.1, -0.05) is 13.3 Å². The van der Waals surface area contributed by atoms with Crippen LogP contribution in [0.5, 0.6) is 5.75 Å². The molecule has 3 aliphatic rings. The third kappa shape index (κ3) is 1.80. The Morgan fingerprint density at radius 1 is 1.35 bits per heavy atom. The largest absolute Gasteiger partial charge is 0.497 e. The maximum absolute atomic E-state index is 5.46. The first kappa shape index (κ1) is 13.9. The van der Waals surface area contributed by atoms with Crippen LogP contribution in [0.3, 0.4) is 0 Å². The molecule has 0 amide bonds. The number of hydrogen-bond acceptors (Lipinski definition) is 2. The molecule has 1 N–H and O–H groups in total. The Labute approximate surface area is 138 Å². The number of methoxy groups -OCH3 is 1. The normalized spacial score (nSPS) is 32.8. The van der Waals surface area contributed by atoms with Crippen LogP contribution in [0.4, 0.5) is 0 Å². The Kier molecular flexibility index (Phi) is 2.88. The standard InChI is InChI=1S/C20H26N2O/c1-3-13-8-14-11-20(10-13)19-16(6-7-22(20)12-14)17-9-15(23-2)4-5-18(17)21-19/h4-5,9,13-14,21H,3,6-8,10-12H2,1-2H3/t13-,14+,20+/m0/s1. The molecule has 0 unspecified atom stereocenters. The number of H-pyrrole nitrogens is 1. The minimum absolute atomic E-state index is 0.295. The molecule has 23 heavy (non-hydrogen) atoms. The van der Waals surface area contributed by atoms with Gasteiger partial charge in [0.15, 0.2) is 0 Å².